The number of carbonyl (C=O) groups excluding carboxylic acids is 1. The second-order valence-corrected chi connectivity index (χ2v) is 6.60. The molecule has 3 aliphatic rings. The van der Waals surface area contributed by atoms with Crippen molar-refractivity contribution >= 4 is 18.3 Å². The van der Waals surface area contributed by atoms with Crippen LogP contribution in [0.5, 0.6) is 0 Å². The summed E-state index contributed by atoms with van der Waals surface area (Å²) in [4.78, 5) is 17.0. The summed E-state index contributed by atoms with van der Waals surface area (Å²) in [5.74, 6) is 0.335. The lowest BCUT2D eigenvalue weighted by Gasteiger charge is -2.32. The highest BCUT2D eigenvalue weighted by Gasteiger charge is 2.31. The third-order valence-corrected chi connectivity index (χ3v) is 5.14. The third-order valence-electron chi connectivity index (χ3n) is 5.14. The van der Waals surface area contributed by atoms with Gasteiger partial charge in [0.05, 0.1) is 6.10 Å². The van der Waals surface area contributed by atoms with Crippen LogP contribution in [0.3, 0.4) is 0 Å². The van der Waals surface area contributed by atoms with E-state index in [0.29, 0.717) is 24.5 Å². The molecule has 0 aromatic rings. The highest BCUT2D eigenvalue weighted by atomic mass is 35.5. The molecule has 3 rings (SSSR count). The molecule has 1 N–H and O–H groups in total. The second-order valence-electron chi connectivity index (χ2n) is 6.60. The third kappa shape index (κ3) is 4.82. The lowest BCUT2D eigenvalue weighted by Crippen LogP contribution is -2.49. The number of ether oxygens (including phenoxy) is 1. The number of nitrogens with one attached hydrogen (secondary N) is 1. The molecule has 22 heavy (non-hydrogen) atoms. The maximum Gasteiger partial charge on any atom is 0.222 e. The Morgan fingerprint density at radius 2 is 1.95 bits per heavy atom. The maximum absolute atomic E-state index is 12.4. The van der Waals surface area contributed by atoms with Gasteiger partial charge in [-0.15, -0.1) is 12.4 Å². The zero-order valence-electron chi connectivity index (χ0n) is 13.5. The van der Waals surface area contributed by atoms with Crippen LogP contribution in [0.25, 0.3) is 0 Å². The van der Waals surface area contributed by atoms with Crippen LogP contribution in [-0.4, -0.2) is 73.7 Å². The number of rotatable bonds is 4. The standard InChI is InChI=1S/C16H29N3O2.ClH/c20-16(5-4-15-3-1-2-12-21-15)19-9-6-14(13-19)18-10-7-17-8-11-18;/h14-15,17H,1-13H2;1H. The average molecular weight is 332 g/mol. The van der Waals surface area contributed by atoms with Crippen LogP contribution in [-0.2, 0) is 9.53 Å². The van der Waals surface area contributed by atoms with Crippen LogP contribution in [0, 0.1) is 0 Å². The van der Waals surface area contributed by atoms with Gasteiger partial charge < -0.3 is 15.0 Å². The van der Waals surface area contributed by atoms with Crippen molar-refractivity contribution < 1.29 is 9.53 Å². The summed E-state index contributed by atoms with van der Waals surface area (Å²) in [6.07, 6.45) is 6.63. The Morgan fingerprint density at radius 3 is 2.68 bits per heavy atom. The quantitative estimate of drug-likeness (QED) is 0.842. The molecule has 3 saturated heterocycles. The predicted octanol–water partition coefficient (Wildman–Crippen LogP) is 1.26. The van der Waals surface area contributed by atoms with Crippen LogP contribution in [0.2, 0.25) is 0 Å². The monoisotopic (exact) mass is 331 g/mol. The minimum atomic E-state index is 0. The molecule has 0 spiro atoms. The van der Waals surface area contributed by atoms with E-state index in [1.54, 1.807) is 0 Å². The van der Waals surface area contributed by atoms with Crippen molar-refractivity contribution in [2.45, 2.75) is 50.7 Å². The van der Waals surface area contributed by atoms with Gasteiger partial charge in [0.1, 0.15) is 0 Å². The molecule has 1 amide bonds. The molecule has 5 nitrogen and oxygen atoms in total. The summed E-state index contributed by atoms with van der Waals surface area (Å²) >= 11 is 0. The number of nitrogens with zero attached hydrogens (tertiary/aromatic N) is 2. The summed E-state index contributed by atoms with van der Waals surface area (Å²) in [6.45, 7) is 7.19. The van der Waals surface area contributed by atoms with E-state index in [9.17, 15) is 4.79 Å². The van der Waals surface area contributed by atoms with E-state index in [-0.39, 0.29) is 12.4 Å². The smallest absolute Gasteiger partial charge is 0.222 e. The minimum absolute atomic E-state index is 0. The van der Waals surface area contributed by atoms with Crippen molar-refractivity contribution in [3.05, 3.63) is 0 Å². The Balaban J connectivity index is 0.00000176. The van der Waals surface area contributed by atoms with Gasteiger partial charge >= 0.3 is 0 Å². The van der Waals surface area contributed by atoms with Gasteiger partial charge in [-0.2, -0.15) is 0 Å². The number of hydrogen-bond donors (Lipinski definition) is 1. The number of piperazine rings is 1. The highest BCUT2D eigenvalue weighted by molar-refractivity contribution is 5.85. The minimum Gasteiger partial charge on any atom is -0.378 e. The zero-order chi connectivity index (χ0) is 14.5. The van der Waals surface area contributed by atoms with Crippen molar-refractivity contribution in [3.63, 3.8) is 0 Å². The van der Waals surface area contributed by atoms with E-state index in [4.69, 9.17) is 4.74 Å². The molecule has 2 unspecified atom stereocenters. The van der Waals surface area contributed by atoms with E-state index in [1.165, 1.54) is 12.8 Å². The summed E-state index contributed by atoms with van der Waals surface area (Å²) in [5, 5.41) is 3.39. The second kappa shape index (κ2) is 9.06. The van der Waals surface area contributed by atoms with Gasteiger partial charge in [0, 0.05) is 58.3 Å². The van der Waals surface area contributed by atoms with Gasteiger partial charge in [-0.1, -0.05) is 0 Å². The van der Waals surface area contributed by atoms with E-state index < -0.39 is 0 Å². The van der Waals surface area contributed by atoms with Crippen LogP contribution in [0.15, 0.2) is 0 Å². The zero-order valence-corrected chi connectivity index (χ0v) is 14.3. The lowest BCUT2D eigenvalue weighted by molar-refractivity contribution is -0.131. The van der Waals surface area contributed by atoms with Crippen molar-refractivity contribution in [1.29, 1.82) is 0 Å². The molecule has 3 heterocycles. The Morgan fingerprint density at radius 1 is 1.14 bits per heavy atom. The number of likely N-dealkylation sites (tertiary alicyclic amines) is 1. The summed E-state index contributed by atoms with van der Waals surface area (Å²) in [5.41, 5.74) is 0. The molecule has 128 valence electrons. The van der Waals surface area contributed by atoms with E-state index in [2.05, 4.69) is 15.1 Å². The highest BCUT2D eigenvalue weighted by Crippen LogP contribution is 2.20. The maximum atomic E-state index is 12.4. The molecular weight excluding hydrogens is 302 g/mol. The topological polar surface area (TPSA) is 44.8 Å². The van der Waals surface area contributed by atoms with Crippen molar-refractivity contribution in [1.82, 2.24) is 15.1 Å². The van der Waals surface area contributed by atoms with Crippen molar-refractivity contribution in [3.8, 4) is 0 Å². The largest absolute Gasteiger partial charge is 0.378 e. The summed E-state index contributed by atoms with van der Waals surface area (Å²) in [6, 6.07) is 0.585. The van der Waals surface area contributed by atoms with Gasteiger partial charge in [-0.3, -0.25) is 9.69 Å². The first kappa shape index (κ1) is 18.0. The van der Waals surface area contributed by atoms with Crippen LogP contribution in [0.1, 0.15) is 38.5 Å². The molecule has 6 heteroatoms. The summed E-state index contributed by atoms with van der Waals surface area (Å²) < 4.78 is 5.72. The van der Waals surface area contributed by atoms with Crippen molar-refractivity contribution in [2.75, 3.05) is 45.9 Å². The Bertz CT molecular complexity index is 344. The molecular formula is C16H30ClN3O2. The lowest BCUT2D eigenvalue weighted by atomic mass is 10.0. The molecule has 0 aliphatic carbocycles. The van der Waals surface area contributed by atoms with Crippen molar-refractivity contribution in [2.24, 2.45) is 0 Å². The molecule has 0 aromatic carbocycles. The number of halogens is 1. The van der Waals surface area contributed by atoms with Gasteiger partial charge in [0.15, 0.2) is 0 Å². The SMILES string of the molecule is Cl.O=C(CCC1CCCCO1)N1CCC(N2CCNCC2)C1. The predicted molar refractivity (Wildman–Crippen MR) is 89.5 cm³/mol. The Kier molecular flexibility index (Phi) is 7.41. The van der Waals surface area contributed by atoms with E-state index in [0.717, 1.165) is 65.1 Å². The number of amides is 1. The molecule has 2 atom stereocenters. The molecule has 3 fully saturated rings. The van der Waals surface area contributed by atoms with Gasteiger partial charge in [-0.25, -0.2) is 0 Å². The Labute approximate surface area is 140 Å². The fourth-order valence-corrected chi connectivity index (χ4v) is 3.79. The Hall–Kier alpha value is -0.360. The van der Waals surface area contributed by atoms with Crippen LogP contribution < -0.4 is 5.32 Å². The number of carbonyl (C=O) groups is 1. The van der Waals surface area contributed by atoms with Crippen LogP contribution >= 0.6 is 12.4 Å². The molecule has 0 aromatic heterocycles. The first-order valence-electron chi connectivity index (χ1n) is 8.67. The molecule has 0 radical (unpaired) electrons. The van der Waals surface area contributed by atoms with Gasteiger partial charge in [0.2, 0.25) is 5.91 Å². The van der Waals surface area contributed by atoms with Gasteiger partial charge in [0.25, 0.3) is 0 Å². The van der Waals surface area contributed by atoms with E-state index >= 15 is 0 Å². The summed E-state index contributed by atoms with van der Waals surface area (Å²) in [7, 11) is 0. The molecule has 3 aliphatic heterocycles. The van der Waals surface area contributed by atoms with Gasteiger partial charge in [-0.05, 0) is 32.1 Å². The molecule has 0 bridgehead atoms. The fraction of sp³-hybridized carbons (Fsp3) is 0.938. The average Bonchev–Trinajstić information content (AvgIpc) is 3.04. The normalized spacial score (nSPS) is 30.1. The first-order valence-corrected chi connectivity index (χ1v) is 8.67. The van der Waals surface area contributed by atoms with Crippen LogP contribution in [0.4, 0.5) is 0 Å². The first-order chi connectivity index (χ1) is 10.3. The number of hydrogen-bond acceptors (Lipinski definition) is 4. The van der Waals surface area contributed by atoms with E-state index in [1.807, 2.05) is 0 Å². The fourth-order valence-electron chi connectivity index (χ4n) is 3.79. The molecule has 0 saturated carbocycles.